The summed E-state index contributed by atoms with van der Waals surface area (Å²) in [6, 6.07) is 13.4. The third kappa shape index (κ3) is 3.31. The fraction of sp³-hybridized carbons (Fsp3) is 0.143. The summed E-state index contributed by atoms with van der Waals surface area (Å²) in [7, 11) is 0. The van der Waals surface area contributed by atoms with Gasteiger partial charge in [-0.25, -0.2) is 4.98 Å². The second-order valence-corrected chi connectivity index (χ2v) is 3.56. The predicted octanol–water partition coefficient (Wildman–Crippen LogP) is 2.93. The van der Waals surface area contributed by atoms with Gasteiger partial charge in [0.25, 0.3) is 0 Å². The lowest BCUT2D eigenvalue weighted by Crippen LogP contribution is -1.97. The van der Waals surface area contributed by atoms with Crippen LogP contribution in [0, 0.1) is 0 Å². The molecule has 4 nitrogen and oxygen atoms in total. The molecule has 0 aliphatic carbocycles. The summed E-state index contributed by atoms with van der Waals surface area (Å²) in [5.74, 6) is 1.54. The summed E-state index contributed by atoms with van der Waals surface area (Å²) in [5.41, 5.74) is 3.80. The molecule has 2 rings (SSSR count). The first-order chi connectivity index (χ1) is 8.90. The quantitative estimate of drug-likeness (QED) is 0.646. The molecule has 0 amide bonds. The fourth-order valence-electron chi connectivity index (χ4n) is 1.47. The van der Waals surface area contributed by atoms with Crippen molar-refractivity contribution in [1.29, 1.82) is 0 Å². The van der Waals surface area contributed by atoms with E-state index in [0.717, 1.165) is 11.3 Å². The standard InChI is InChI=1S/C14H15N3O/c1-2-18-13-8-4-3-7-12(13)11-16-17-14-9-5-6-10-15-14/h3-11H,2H2,1H3,(H,15,17)/b16-11+. The molecule has 0 saturated carbocycles. The van der Waals surface area contributed by atoms with E-state index in [0.29, 0.717) is 12.4 Å². The predicted molar refractivity (Wildman–Crippen MR) is 73.1 cm³/mol. The van der Waals surface area contributed by atoms with E-state index in [1.165, 1.54) is 0 Å². The lowest BCUT2D eigenvalue weighted by molar-refractivity contribution is 0.340. The first kappa shape index (κ1) is 12.1. The third-order valence-corrected chi connectivity index (χ3v) is 2.27. The summed E-state index contributed by atoms with van der Waals surface area (Å²) in [5, 5.41) is 4.14. The highest BCUT2D eigenvalue weighted by molar-refractivity contribution is 5.83. The van der Waals surface area contributed by atoms with Crippen molar-refractivity contribution in [2.75, 3.05) is 12.0 Å². The highest BCUT2D eigenvalue weighted by Crippen LogP contribution is 2.15. The van der Waals surface area contributed by atoms with Gasteiger partial charge in [0.15, 0.2) is 0 Å². The number of nitrogens with zero attached hydrogens (tertiary/aromatic N) is 2. The van der Waals surface area contributed by atoms with Crippen LogP contribution in [-0.4, -0.2) is 17.8 Å². The number of para-hydroxylation sites is 1. The first-order valence-electron chi connectivity index (χ1n) is 5.82. The van der Waals surface area contributed by atoms with E-state index in [1.54, 1.807) is 12.4 Å². The van der Waals surface area contributed by atoms with Gasteiger partial charge < -0.3 is 4.74 Å². The van der Waals surface area contributed by atoms with Crippen molar-refractivity contribution in [3.8, 4) is 5.75 Å². The molecular formula is C14H15N3O. The number of aromatic nitrogens is 1. The molecule has 1 heterocycles. The van der Waals surface area contributed by atoms with Gasteiger partial charge in [0.05, 0.1) is 12.8 Å². The van der Waals surface area contributed by atoms with E-state index in [4.69, 9.17) is 4.74 Å². The van der Waals surface area contributed by atoms with Gasteiger partial charge in [-0.2, -0.15) is 5.10 Å². The maximum Gasteiger partial charge on any atom is 0.146 e. The number of anilines is 1. The summed E-state index contributed by atoms with van der Waals surface area (Å²) >= 11 is 0. The molecule has 1 aromatic heterocycles. The number of nitrogens with one attached hydrogen (secondary N) is 1. The minimum Gasteiger partial charge on any atom is -0.493 e. The number of hydrogen-bond donors (Lipinski definition) is 1. The van der Waals surface area contributed by atoms with Crippen LogP contribution >= 0.6 is 0 Å². The molecular weight excluding hydrogens is 226 g/mol. The lowest BCUT2D eigenvalue weighted by Gasteiger charge is -2.05. The molecule has 0 aliphatic rings. The van der Waals surface area contributed by atoms with Crippen LogP contribution in [0.5, 0.6) is 5.75 Å². The van der Waals surface area contributed by atoms with Gasteiger partial charge in [0.1, 0.15) is 11.6 Å². The van der Waals surface area contributed by atoms with Crippen LogP contribution in [0.15, 0.2) is 53.8 Å². The van der Waals surface area contributed by atoms with E-state index in [-0.39, 0.29) is 0 Å². The van der Waals surface area contributed by atoms with Crippen LogP contribution in [-0.2, 0) is 0 Å². The van der Waals surface area contributed by atoms with Crippen molar-refractivity contribution in [3.05, 3.63) is 54.2 Å². The van der Waals surface area contributed by atoms with E-state index in [2.05, 4.69) is 15.5 Å². The Hall–Kier alpha value is -2.36. The Labute approximate surface area is 106 Å². The number of pyridine rings is 1. The molecule has 0 bridgehead atoms. The van der Waals surface area contributed by atoms with Crippen molar-refractivity contribution >= 4 is 12.0 Å². The van der Waals surface area contributed by atoms with Crippen molar-refractivity contribution in [2.24, 2.45) is 5.10 Å². The summed E-state index contributed by atoms with van der Waals surface area (Å²) in [4.78, 5) is 4.11. The number of hydrogen-bond acceptors (Lipinski definition) is 4. The lowest BCUT2D eigenvalue weighted by atomic mass is 10.2. The van der Waals surface area contributed by atoms with Crippen LogP contribution in [0.4, 0.5) is 5.82 Å². The molecule has 18 heavy (non-hydrogen) atoms. The smallest absolute Gasteiger partial charge is 0.146 e. The maximum atomic E-state index is 5.51. The summed E-state index contributed by atoms with van der Waals surface area (Å²) in [6.07, 6.45) is 3.44. The number of ether oxygens (including phenoxy) is 1. The number of rotatable bonds is 5. The molecule has 0 saturated heterocycles. The third-order valence-electron chi connectivity index (χ3n) is 2.27. The van der Waals surface area contributed by atoms with Crippen molar-refractivity contribution in [3.63, 3.8) is 0 Å². The monoisotopic (exact) mass is 241 g/mol. The Balaban J connectivity index is 2.05. The average Bonchev–Trinajstić information content (AvgIpc) is 2.42. The first-order valence-corrected chi connectivity index (χ1v) is 5.82. The maximum absolute atomic E-state index is 5.51. The number of benzene rings is 1. The average molecular weight is 241 g/mol. The zero-order valence-corrected chi connectivity index (χ0v) is 10.2. The summed E-state index contributed by atoms with van der Waals surface area (Å²) < 4.78 is 5.51. The van der Waals surface area contributed by atoms with E-state index in [1.807, 2.05) is 49.4 Å². The largest absolute Gasteiger partial charge is 0.493 e. The Kier molecular flexibility index (Phi) is 4.30. The molecule has 92 valence electrons. The molecule has 0 fully saturated rings. The molecule has 1 aromatic carbocycles. The van der Waals surface area contributed by atoms with Gasteiger partial charge in [0.2, 0.25) is 0 Å². The Morgan fingerprint density at radius 3 is 2.83 bits per heavy atom. The van der Waals surface area contributed by atoms with Crippen LogP contribution in [0.3, 0.4) is 0 Å². The van der Waals surface area contributed by atoms with Crippen LogP contribution in [0.1, 0.15) is 12.5 Å². The van der Waals surface area contributed by atoms with Gasteiger partial charge in [-0.05, 0) is 31.2 Å². The Morgan fingerprint density at radius 1 is 1.22 bits per heavy atom. The zero-order valence-electron chi connectivity index (χ0n) is 10.2. The Bertz CT molecular complexity index is 511. The van der Waals surface area contributed by atoms with Crippen molar-refractivity contribution < 1.29 is 4.74 Å². The molecule has 0 aliphatic heterocycles. The van der Waals surface area contributed by atoms with E-state index >= 15 is 0 Å². The van der Waals surface area contributed by atoms with Gasteiger partial charge in [-0.15, -0.1) is 0 Å². The van der Waals surface area contributed by atoms with Gasteiger partial charge in [-0.1, -0.05) is 18.2 Å². The fourth-order valence-corrected chi connectivity index (χ4v) is 1.47. The van der Waals surface area contributed by atoms with Gasteiger partial charge >= 0.3 is 0 Å². The van der Waals surface area contributed by atoms with Crippen LogP contribution < -0.4 is 10.2 Å². The number of hydrazone groups is 1. The van der Waals surface area contributed by atoms with Crippen molar-refractivity contribution in [1.82, 2.24) is 4.98 Å². The molecule has 1 N–H and O–H groups in total. The highest BCUT2D eigenvalue weighted by atomic mass is 16.5. The minimum atomic E-state index is 0.637. The SMILES string of the molecule is CCOc1ccccc1/C=N/Nc1ccccn1. The van der Waals surface area contributed by atoms with E-state index < -0.39 is 0 Å². The van der Waals surface area contributed by atoms with Crippen LogP contribution in [0.25, 0.3) is 0 Å². The zero-order chi connectivity index (χ0) is 12.6. The Morgan fingerprint density at radius 2 is 2.06 bits per heavy atom. The topological polar surface area (TPSA) is 46.5 Å². The summed E-state index contributed by atoms with van der Waals surface area (Å²) in [6.45, 7) is 2.60. The molecule has 0 radical (unpaired) electrons. The normalized spacial score (nSPS) is 10.5. The van der Waals surface area contributed by atoms with Crippen molar-refractivity contribution in [2.45, 2.75) is 6.92 Å². The molecule has 0 unspecified atom stereocenters. The minimum absolute atomic E-state index is 0.637. The van der Waals surface area contributed by atoms with Gasteiger partial charge in [-0.3, -0.25) is 5.43 Å². The molecule has 2 aromatic rings. The highest BCUT2D eigenvalue weighted by Gasteiger charge is 1.98. The molecule has 0 atom stereocenters. The second-order valence-electron chi connectivity index (χ2n) is 3.56. The van der Waals surface area contributed by atoms with Gasteiger partial charge in [0, 0.05) is 11.8 Å². The van der Waals surface area contributed by atoms with Crippen LogP contribution in [0.2, 0.25) is 0 Å². The second kappa shape index (κ2) is 6.39. The van der Waals surface area contributed by atoms with E-state index in [9.17, 15) is 0 Å². The molecule has 0 spiro atoms. The molecule has 4 heteroatoms.